The second kappa shape index (κ2) is 2.86. The van der Waals surface area contributed by atoms with Crippen LogP contribution in [0.25, 0.3) is 0 Å². The SMILES string of the molecule is CN(C)N1C(=O)CSC1=S. The molecule has 1 amide bonds. The lowest BCUT2D eigenvalue weighted by atomic mass is 10.7. The first-order valence-electron chi connectivity index (χ1n) is 2.80. The van der Waals surface area contributed by atoms with E-state index in [4.69, 9.17) is 12.2 Å². The first kappa shape index (κ1) is 7.97. The number of thioether (sulfide) groups is 1. The summed E-state index contributed by atoms with van der Waals surface area (Å²) < 4.78 is 0.648. The van der Waals surface area contributed by atoms with Crippen LogP contribution in [0.2, 0.25) is 0 Å². The van der Waals surface area contributed by atoms with Gasteiger partial charge < -0.3 is 0 Å². The normalized spacial score (nSPS) is 19.3. The van der Waals surface area contributed by atoms with Crippen LogP contribution in [0.5, 0.6) is 0 Å². The molecule has 56 valence electrons. The monoisotopic (exact) mass is 176 g/mol. The molecule has 1 saturated heterocycles. The average Bonchev–Trinajstić information content (AvgIpc) is 2.11. The minimum Gasteiger partial charge on any atom is -0.272 e. The fraction of sp³-hybridized carbons (Fsp3) is 0.600. The molecule has 0 N–H and O–H groups in total. The van der Waals surface area contributed by atoms with Gasteiger partial charge in [-0.25, -0.2) is 10.0 Å². The van der Waals surface area contributed by atoms with Crippen LogP contribution in [0.15, 0.2) is 0 Å². The molecule has 0 aromatic heterocycles. The highest BCUT2D eigenvalue weighted by molar-refractivity contribution is 8.23. The maximum absolute atomic E-state index is 11.0. The summed E-state index contributed by atoms with van der Waals surface area (Å²) in [6.07, 6.45) is 0. The molecule has 0 radical (unpaired) electrons. The van der Waals surface area contributed by atoms with E-state index in [1.807, 2.05) is 0 Å². The van der Waals surface area contributed by atoms with Gasteiger partial charge in [-0.2, -0.15) is 0 Å². The minimum absolute atomic E-state index is 0.0694. The van der Waals surface area contributed by atoms with Crippen molar-refractivity contribution in [3.63, 3.8) is 0 Å². The minimum atomic E-state index is 0.0694. The van der Waals surface area contributed by atoms with Crippen LogP contribution >= 0.6 is 24.0 Å². The number of carbonyl (C=O) groups is 1. The summed E-state index contributed by atoms with van der Waals surface area (Å²) in [5.74, 6) is 0.553. The van der Waals surface area contributed by atoms with Crippen LogP contribution in [-0.4, -0.2) is 40.1 Å². The van der Waals surface area contributed by atoms with Crippen LogP contribution in [0.4, 0.5) is 0 Å². The molecule has 0 bridgehead atoms. The van der Waals surface area contributed by atoms with Gasteiger partial charge >= 0.3 is 0 Å². The Hall–Kier alpha value is -0.130. The molecule has 0 aromatic rings. The molecule has 0 aromatic carbocycles. The third-order valence-electron chi connectivity index (χ3n) is 1.13. The van der Waals surface area contributed by atoms with Gasteiger partial charge in [0.05, 0.1) is 5.75 Å². The van der Waals surface area contributed by atoms with Crippen molar-refractivity contribution in [2.24, 2.45) is 0 Å². The lowest BCUT2D eigenvalue weighted by Crippen LogP contribution is -2.40. The Bertz CT molecular complexity index is 164. The topological polar surface area (TPSA) is 23.6 Å². The molecule has 10 heavy (non-hydrogen) atoms. The molecule has 0 saturated carbocycles. The molecular formula is C5H8N2OS2. The number of hydrazine groups is 1. The van der Waals surface area contributed by atoms with E-state index in [9.17, 15) is 4.79 Å². The van der Waals surface area contributed by atoms with Crippen LogP contribution in [-0.2, 0) is 4.79 Å². The van der Waals surface area contributed by atoms with Crippen molar-refractivity contribution in [2.45, 2.75) is 0 Å². The third-order valence-corrected chi connectivity index (χ3v) is 2.47. The van der Waals surface area contributed by atoms with Crippen LogP contribution in [0, 0.1) is 0 Å². The predicted molar refractivity (Wildman–Crippen MR) is 45.6 cm³/mol. The van der Waals surface area contributed by atoms with E-state index < -0.39 is 0 Å². The van der Waals surface area contributed by atoms with E-state index in [1.165, 1.54) is 16.8 Å². The Balaban J connectivity index is 2.72. The highest BCUT2D eigenvalue weighted by Crippen LogP contribution is 2.19. The second-order valence-electron chi connectivity index (χ2n) is 2.11. The van der Waals surface area contributed by atoms with Crippen LogP contribution < -0.4 is 0 Å². The Kier molecular flexibility index (Phi) is 2.28. The Labute approximate surface area is 69.3 Å². The van der Waals surface area contributed by atoms with Crippen molar-refractivity contribution in [3.8, 4) is 0 Å². The molecule has 0 atom stereocenters. The number of thiocarbonyl (C=S) groups is 1. The first-order chi connectivity index (χ1) is 4.63. The molecule has 0 spiro atoms. The van der Waals surface area contributed by atoms with Crippen molar-refractivity contribution in [3.05, 3.63) is 0 Å². The van der Waals surface area contributed by atoms with Crippen molar-refractivity contribution in [1.82, 2.24) is 10.0 Å². The molecule has 0 unspecified atom stereocenters. The summed E-state index contributed by atoms with van der Waals surface area (Å²) in [7, 11) is 3.60. The van der Waals surface area contributed by atoms with Gasteiger partial charge in [0, 0.05) is 14.1 Å². The van der Waals surface area contributed by atoms with E-state index >= 15 is 0 Å². The molecule has 1 rings (SSSR count). The van der Waals surface area contributed by atoms with Crippen LogP contribution in [0.3, 0.4) is 0 Å². The highest BCUT2D eigenvalue weighted by atomic mass is 32.2. The van der Waals surface area contributed by atoms with Gasteiger partial charge in [-0.15, -0.1) is 0 Å². The van der Waals surface area contributed by atoms with Gasteiger partial charge in [0.15, 0.2) is 4.32 Å². The summed E-state index contributed by atoms with van der Waals surface area (Å²) in [5, 5.41) is 3.20. The van der Waals surface area contributed by atoms with E-state index in [-0.39, 0.29) is 5.91 Å². The van der Waals surface area contributed by atoms with Crippen molar-refractivity contribution in [1.29, 1.82) is 0 Å². The number of nitrogens with zero attached hydrogens (tertiary/aromatic N) is 2. The summed E-state index contributed by atoms with van der Waals surface area (Å²) in [5.41, 5.74) is 0. The average molecular weight is 176 g/mol. The van der Waals surface area contributed by atoms with Gasteiger partial charge in [-0.05, 0) is 0 Å². The zero-order valence-electron chi connectivity index (χ0n) is 5.83. The quantitative estimate of drug-likeness (QED) is 0.537. The van der Waals surface area contributed by atoms with E-state index in [0.717, 1.165) is 0 Å². The molecular weight excluding hydrogens is 168 g/mol. The lowest BCUT2D eigenvalue weighted by Gasteiger charge is -2.21. The van der Waals surface area contributed by atoms with Crippen molar-refractivity contribution < 1.29 is 4.79 Å². The zero-order chi connectivity index (χ0) is 7.72. The van der Waals surface area contributed by atoms with Gasteiger partial charge in [-0.3, -0.25) is 4.79 Å². The van der Waals surface area contributed by atoms with E-state index in [2.05, 4.69) is 0 Å². The molecule has 5 heteroatoms. The Morgan fingerprint density at radius 1 is 1.70 bits per heavy atom. The summed E-state index contributed by atoms with van der Waals surface area (Å²) in [6, 6.07) is 0. The molecule has 3 nitrogen and oxygen atoms in total. The Morgan fingerprint density at radius 3 is 2.50 bits per heavy atom. The Morgan fingerprint density at radius 2 is 2.30 bits per heavy atom. The fourth-order valence-corrected chi connectivity index (χ4v) is 1.93. The molecule has 1 aliphatic rings. The van der Waals surface area contributed by atoms with Crippen molar-refractivity contribution >= 4 is 34.2 Å². The second-order valence-corrected chi connectivity index (χ2v) is 3.72. The van der Waals surface area contributed by atoms with Gasteiger partial charge in [0.25, 0.3) is 5.91 Å². The highest BCUT2D eigenvalue weighted by Gasteiger charge is 2.27. The molecule has 1 aliphatic heterocycles. The van der Waals surface area contributed by atoms with Crippen molar-refractivity contribution in [2.75, 3.05) is 19.8 Å². The summed E-state index contributed by atoms with van der Waals surface area (Å²) in [4.78, 5) is 11.0. The molecule has 1 fully saturated rings. The van der Waals surface area contributed by atoms with E-state index in [0.29, 0.717) is 10.1 Å². The van der Waals surface area contributed by atoms with Crippen LogP contribution in [0.1, 0.15) is 0 Å². The maximum atomic E-state index is 11.0. The lowest BCUT2D eigenvalue weighted by molar-refractivity contribution is -0.132. The maximum Gasteiger partial charge on any atom is 0.253 e. The smallest absolute Gasteiger partial charge is 0.253 e. The first-order valence-corrected chi connectivity index (χ1v) is 4.19. The number of hydrogen-bond donors (Lipinski definition) is 0. The number of amides is 1. The van der Waals surface area contributed by atoms with E-state index in [1.54, 1.807) is 19.1 Å². The van der Waals surface area contributed by atoms with Gasteiger partial charge in [0.1, 0.15) is 0 Å². The zero-order valence-corrected chi connectivity index (χ0v) is 7.46. The van der Waals surface area contributed by atoms with Gasteiger partial charge in [-0.1, -0.05) is 24.0 Å². The fourth-order valence-electron chi connectivity index (χ4n) is 0.734. The third kappa shape index (κ3) is 1.31. The largest absolute Gasteiger partial charge is 0.272 e. The summed E-state index contributed by atoms with van der Waals surface area (Å²) in [6.45, 7) is 0. The number of rotatable bonds is 1. The number of carbonyl (C=O) groups excluding carboxylic acids is 1. The molecule has 0 aliphatic carbocycles. The predicted octanol–water partition coefficient (Wildman–Crippen LogP) is 0.323. The number of hydrogen-bond acceptors (Lipinski definition) is 4. The van der Waals surface area contributed by atoms with Gasteiger partial charge in [0.2, 0.25) is 0 Å². The molecule has 1 heterocycles. The standard InChI is InChI=1S/C5H8N2OS2/c1-6(2)7-4(8)3-10-5(7)9/h3H2,1-2H3. The summed E-state index contributed by atoms with van der Waals surface area (Å²) >= 11 is 6.33.